The van der Waals surface area contributed by atoms with Gasteiger partial charge in [0.15, 0.2) is 0 Å². The lowest BCUT2D eigenvalue weighted by molar-refractivity contribution is -0.167. The summed E-state index contributed by atoms with van der Waals surface area (Å²) >= 11 is 0. The van der Waals surface area contributed by atoms with E-state index in [0.717, 1.165) is 12.0 Å². The van der Waals surface area contributed by atoms with Gasteiger partial charge in [-0.25, -0.2) is 0 Å². The molecule has 0 saturated heterocycles. The van der Waals surface area contributed by atoms with Gasteiger partial charge in [-0.15, -0.1) is 0 Å². The van der Waals surface area contributed by atoms with Gasteiger partial charge in [0.05, 0.1) is 12.6 Å². The molecule has 4 nitrogen and oxygen atoms in total. The fourth-order valence-corrected chi connectivity index (χ4v) is 2.48. The van der Waals surface area contributed by atoms with Crippen LogP contribution in [0.3, 0.4) is 0 Å². The molecular formula is C16H21NO3. The third-order valence-electron chi connectivity index (χ3n) is 3.96. The summed E-state index contributed by atoms with van der Waals surface area (Å²) in [6, 6.07) is 9.61. The molecule has 1 saturated carbocycles. The van der Waals surface area contributed by atoms with E-state index < -0.39 is 5.41 Å². The van der Waals surface area contributed by atoms with Crippen LogP contribution in [0.15, 0.2) is 30.3 Å². The summed E-state index contributed by atoms with van der Waals surface area (Å²) in [7, 11) is 0. The monoisotopic (exact) mass is 275 g/mol. The highest BCUT2D eigenvalue weighted by atomic mass is 16.5. The van der Waals surface area contributed by atoms with Gasteiger partial charge in [0.25, 0.3) is 0 Å². The Bertz CT molecular complexity index is 480. The van der Waals surface area contributed by atoms with Gasteiger partial charge in [-0.2, -0.15) is 0 Å². The summed E-state index contributed by atoms with van der Waals surface area (Å²) in [4.78, 5) is 24.5. The molecule has 1 aliphatic carbocycles. The van der Waals surface area contributed by atoms with Crippen molar-refractivity contribution in [3.63, 3.8) is 0 Å². The summed E-state index contributed by atoms with van der Waals surface area (Å²) in [6.07, 6.45) is 2.06. The minimum Gasteiger partial charge on any atom is -0.465 e. The lowest BCUT2D eigenvalue weighted by Gasteiger charge is -2.38. The number of hydrogen-bond donors (Lipinski definition) is 1. The Labute approximate surface area is 119 Å². The SMILES string of the molecule is CCOC(=O)C1(C(=O)N[C@@H](C)c2ccccc2)CCC1. The van der Waals surface area contributed by atoms with Crippen LogP contribution in [0.4, 0.5) is 0 Å². The van der Waals surface area contributed by atoms with Crippen LogP contribution in [0.25, 0.3) is 0 Å². The van der Waals surface area contributed by atoms with Gasteiger partial charge < -0.3 is 10.1 Å². The largest absolute Gasteiger partial charge is 0.465 e. The average Bonchev–Trinajstić information content (AvgIpc) is 2.38. The van der Waals surface area contributed by atoms with Crippen molar-refractivity contribution in [2.75, 3.05) is 6.61 Å². The Kier molecular flexibility index (Phi) is 4.42. The quantitative estimate of drug-likeness (QED) is 0.664. The van der Waals surface area contributed by atoms with Crippen LogP contribution in [0.5, 0.6) is 0 Å². The summed E-state index contributed by atoms with van der Waals surface area (Å²) < 4.78 is 5.06. The summed E-state index contributed by atoms with van der Waals surface area (Å²) in [5.41, 5.74) is 0.0677. The van der Waals surface area contributed by atoms with Gasteiger partial charge in [-0.05, 0) is 32.3 Å². The summed E-state index contributed by atoms with van der Waals surface area (Å²) in [5, 5.41) is 2.94. The van der Waals surface area contributed by atoms with E-state index in [1.807, 2.05) is 37.3 Å². The van der Waals surface area contributed by atoms with Crippen LogP contribution in [-0.2, 0) is 14.3 Å². The predicted molar refractivity (Wildman–Crippen MR) is 75.9 cm³/mol. The molecule has 0 radical (unpaired) electrons. The first-order valence-electron chi connectivity index (χ1n) is 7.13. The number of ether oxygens (including phenoxy) is 1. The first-order chi connectivity index (χ1) is 9.60. The molecule has 0 aromatic heterocycles. The smallest absolute Gasteiger partial charge is 0.321 e. The summed E-state index contributed by atoms with van der Waals surface area (Å²) in [5.74, 6) is -0.595. The third kappa shape index (κ3) is 2.69. The number of rotatable bonds is 5. The molecule has 0 heterocycles. The highest BCUT2D eigenvalue weighted by Crippen LogP contribution is 2.42. The molecular weight excluding hydrogens is 254 g/mol. The molecule has 20 heavy (non-hydrogen) atoms. The second-order valence-electron chi connectivity index (χ2n) is 5.26. The molecule has 0 spiro atoms. The Balaban J connectivity index is 2.05. The normalized spacial score (nSPS) is 17.7. The first-order valence-corrected chi connectivity index (χ1v) is 7.13. The zero-order valence-corrected chi connectivity index (χ0v) is 12.0. The van der Waals surface area contributed by atoms with Crippen molar-refractivity contribution in [3.05, 3.63) is 35.9 Å². The number of hydrogen-bond acceptors (Lipinski definition) is 3. The number of amides is 1. The van der Waals surface area contributed by atoms with Gasteiger partial charge in [0.2, 0.25) is 5.91 Å². The zero-order chi connectivity index (χ0) is 14.6. The second kappa shape index (κ2) is 6.07. The van der Waals surface area contributed by atoms with Gasteiger partial charge >= 0.3 is 5.97 Å². The van der Waals surface area contributed by atoms with E-state index in [1.165, 1.54) is 0 Å². The van der Waals surface area contributed by atoms with Crippen LogP contribution < -0.4 is 5.32 Å². The Morgan fingerprint density at radius 3 is 2.45 bits per heavy atom. The average molecular weight is 275 g/mol. The Morgan fingerprint density at radius 2 is 1.95 bits per heavy atom. The van der Waals surface area contributed by atoms with E-state index in [1.54, 1.807) is 6.92 Å². The minimum absolute atomic E-state index is 0.115. The lowest BCUT2D eigenvalue weighted by atomic mass is 9.68. The topological polar surface area (TPSA) is 55.4 Å². The molecule has 0 bridgehead atoms. The van der Waals surface area contributed by atoms with Crippen molar-refractivity contribution in [1.82, 2.24) is 5.32 Å². The predicted octanol–water partition coefficient (Wildman–Crippen LogP) is 2.60. The highest BCUT2D eigenvalue weighted by molar-refractivity contribution is 6.03. The van der Waals surface area contributed by atoms with Crippen molar-refractivity contribution in [2.24, 2.45) is 5.41 Å². The molecule has 1 fully saturated rings. The summed E-state index contributed by atoms with van der Waals surface area (Å²) in [6.45, 7) is 3.99. The van der Waals surface area contributed by atoms with Crippen LogP contribution in [0, 0.1) is 5.41 Å². The molecule has 1 amide bonds. The number of esters is 1. The van der Waals surface area contributed by atoms with Crippen LogP contribution in [-0.4, -0.2) is 18.5 Å². The number of carbonyl (C=O) groups is 2. The third-order valence-corrected chi connectivity index (χ3v) is 3.96. The van der Waals surface area contributed by atoms with Gasteiger partial charge in [-0.1, -0.05) is 36.8 Å². The van der Waals surface area contributed by atoms with Gasteiger partial charge in [-0.3, -0.25) is 9.59 Å². The first kappa shape index (κ1) is 14.6. The number of benzene rings is 1. The maximum Gasteiger partial charge on any atom is 0.321 e. The lowest BCUT2D eigenvalue weighted by Crippen LogP contribution is -2.52. The van der Waals surface area contributed by atoms with E-state index in [9.17, 15) is 9.59 Å². The molecule has 1 N–H and O–H groups in total. The van der Waals surface area contributed by atoms with Crippen molar-refractivity contribution >= 4 is 11.9 Å². The van der Waals surface area contributed by atoms with Crippen molar-refractivity contribution in [1.29, 1.82) is 0 Å². The zero-order valence-electron chi connectivity index (χ0n) is 12.0. The van der Waals surface area contributed by atoms with Crippen LogP contribution in [0.2, 0.25) is 0 Å². The standard InChI is InChI=1S/C16H21NO3/c1-3-20-15(19)16(10-7-11-16)14(18)17-12(2)13-8-5-4-6-9-13/h4-6,8-9,12H,3,7,10-11H2,1-2H3,(H,17,18)/t12-/m0/s1. The molecule has 1 atom stereocenters. The molecule has 0 unspecified atom stereocenters. The van der Waals surface area contributed by atoms with Crippen molar-refractivity contribution in [3.8, 4) is 0 Å². The Hall–Kier alpha value is -1.84. The van der Waals surface area contributed by atoms with E-state index >= 15 is 0 Å². The molecule has 0 aliphatic heterocycles. The van der Waals surface area contributed by atoms with Crippen molar-refractivity contribution in [2.45, 2.75) is 39.2 Å². The maximum atomic E-state index is 12.4. The van der Waals surface area contributed by atoms with Gasteiger partial charge in [0, 0.05) is 0 Å². The molecule has 108 valence electrons. The van der Waals surface area contributed by atoms with E-state index in [-0.39, 0.29) is 17.9 Å². The van der Waals surface area contributed by atoms with E-state index in [2.05, 4.69) is 5.32 Å². The van der Waals surface area contributed by atoms with E-state index in [0.29, 0.717) is 19.4 Å². The van der Waals surface area contributed by atoms with Crippen molar-refractivity contribution < 1.29 is 14.3 Å². The fourth-order valence-electron chi connectivity index (χ4n) is 2.48. The molecule has 4 heteroatoms. The second-order valence-corrected chi connectivity index (χ2v) is 5.26. The number of carbonyl (C=O) groups excluding carboxylic acids is 2. The maximum absolute atomic E-state index is 12.4. The fraction of sp³-hybridized carbons (Fsp3) is 0.500. The highest BCUT2D eigenvalue weighted by Gasteiger charge is 2.52. The molecule has 1 aliphatic rings. The molecule has 1 aromatic carbocycles. The van der Waals surface area contributed by atoms with Crippen LogP contribution in [0.1, 0.15) is 44.7 Å². The van der Waals surface area contributed by atoms with Crippen LogP contribution >= 0.6 is 0 Å². The molecule has 1 aromatic rings. The minimum atomic E-state index is -0.959. The van der Waals surface area contributed by atoms with E-state index in [4.69, 9.17) is 4.74 Å². The molecule has 2 rings (SSSR count). The van der Waals surface area contributed by atoms with Gasteiger partial charge in [0.1, 0.15) is 5.41 Å². The Morgan fingerprint density at radius 1 is 1.30 bits per heavy atom. The number of nitrogens with one attached hydrogen (secondary N) is 1.